The van der Waals surface area contributed by atoms with Gasteiger partial charge >= 0.3 is 0 Å². The number of carbonyl (C=O) groups is 2. The summed E-state index contributed by atoms with van der Waals surface area (Å²) in [6.07, 6.45) is 0.116. The maximum atomic E-state index is 12.2. The third kappa shape index (κ3) is 5.74. The van der Waals surface area contributed by atoms with Gasteiger partial charge in [-0.15, -0.1) is 0 Å². The molecule has 2 amide bonds. The Morgan fingerprint density at radius 3 is 2.52 bits per heavy atom. The van der Waals surface area contributed by atoms with Crippen molar-refractivity contribution in [3.63, 3.8) is 0 Å². The third-order valence-electron chi connectivity index (χ3n) is 3.66. The molecule has 0 saturated heterocycles. The van der Waals surface area contributed by atoms with Crippen LogP contribution in [0.4, 0.5) is 0 Å². The van der Waals surface area contributed by atoms with E-state index in [0.717, 1.165) is 17.3 Å². The minimum atomic E-state index is -0.454. The average molecular weight is 517 g/mol. The van der Waals surface area contributed by atoms with Crippen molar-refractivity contribution in [3.8, 4) is 11.8 Å². The number of benzene rings is 1. The summed E-state index contributed by atoms with van der Waals surface area (Å²) >= 11 is 7.68. The van der Waals surface area contributed by atoms with Crippen LogP contribution in [0.3, 0.4) is 0 Å². The zero-order valence-corrected chi connectivity index (χ0v) is 19.0. The second-order valence-corrected chi connectivity index (χ2v) is 9.77. The number of allylic oxidation sites excluding steroid dienone is 1. The molecule has 0 aromatic heterocycles. The SMILES string of the molecule is CC(C)(C)NC(=O)CSC1=C(C#N)[C@@H](c2cc(Br)c(O)c(Br)c2)CC(=O)N1. The monoisotopic (exact) mass is 515 g/mol. The Hall–Kier alpha value is -1.50. The Morgan fingerprint density at radius 2 is 2.00 bits per heavy atom. The first-order valence-corrected chi connectivity index (χ1v) is 10.6. The van der Waals surface area contributed by atoms with Gasteiger partial charge in [-0.25, -0.2) is 0 Å². The van der Waals surface area contributed by atoms with E-state index in [1.54, 1.807) is 12.1 Å². The van der Waals surface area contributed by atoms with Crippen molar-refractivity contribution in [3.05, 3.63) is 37.2 Å². The van der Waals surface area contributed by atoms with Gasteiger partial charge in [0.15, 0.2) is 0 Å². The normalized spacial score (nSPS) is 17.3. The van der Waals surface area contributed by atoms with Crippen molar-refractivity contribution in [2.24, 2.45) is 0 Å². The number of rotatable bonds is 4. The highest BCUT2D eigenvalue weighted by molar-refractivity contribution is 9.11. The number of hydrogen-bond donors (Lipinski definition) is 3. The Morgan fingerprint density at radius 1 is 1.41 bits per heavy atom. The van der Waals surface area contributed by atoms with Crippen LogP contribution < -0.4 is 10.6 Å². The number of nitrogens with zero attached hydrogens (tertiary/aromatic N) is 1. The highest BCUT2D eigenvalue weighted by Gasteiger charge is 2.31. The van der Waals surface area contributed by atoms with E-state index in [2.05, 4.69) is 48.6 Å². The first-order chi connectivity index (χ1) is 12.5. The fourth-order valence-corrected chi connectivity index (χ4v) is 4.69. The van der Waals surface area contributed by atoms with Crippen molar-refractivity contribution < 1.29 is 14.7 Å². The number of aromatic hydroxyl groups is 1. The molecule has 0 unspecified atom stereocenters. The second-order valence-electron chi connectivity index (χ2n) is 7.08. The van der Waals surface area contributed by atoms with Crippen LogP contribution in [0.1, 0.15) is 38.7 Å². The van der Waals surface area contributed by atoms with Gasteiger partial charge in [0, 0.05) is 17.9 Å². The molecule has 1 aliphatic rings. The lowest BCUT2D eigenvalue weighted by Gasteiger charge is -2.26. The van der Waals surface area contributed by atoms with E-state index in [-0.39, 0.29) is 35.3 Å². The number of nitriles is 1. The summed E-state index contributed by atoms with van der Waals surface area (Å²) in [6.45, 7) is 5.65. The van der Waals surface area contributed by atoms with Crippen molar-refractivity contribution in [2.45, 2.75) is 38.6 Å². The summed E-state index contributed by atoms with van der Waals surface area (Å²) in [7, 11) is 0. The lowest BCUT2D eigenvalue weighted by atomic mass is 9.87. The van der Waals surface area contributed by atoms with Gasteiger partial charge in [-0.1, -0.05) is 11.8 Å². The molecule has 1 atom stereocenters. The summed E-state index contributed by atoms with van der Waals surface area (Å²) in [6, 6.07) is 5.55. The molecule has 144 valence electrons. The lowest BCUT2D eigenvalue weighted by Crippen LogP contribution is -2.41. The van der Waals surface area contributed by atoms with Gasteiger partial charge in [0.25, 0.3) is 0 Å². The summed E-state index contributed by atoms with van der Waals surface area (Å²) < 4.78 is 0.933. The highest BCUT2D eigenvalue weighted by Crippen LogP contribution is 2.41. The van der Waals surface area contributed by atoms with Crippen LogP contribution in [0, 0.1) is 11.3 Å². The van der Waals surface area contributed by atoms with Crippen LogP contribution in [0.25, 0.3) is 0 Å². The van der Waals surface area contributed by atoms with Gasteiger partial charge in [0.2, 0.25) is 11.8 Å². The van der Waals surface area contributed by atoms with Crippen LogP contribution in [-0.4, -0.2) is 28.2 Å². The van der Waals surface area contributed by atoms with E-state index < -0.39 is 5.92 Å². The van der Waals surface area contributed by atoms with Crippen molar-refractivity contribution >= 4 is 55.4 Å². The predicted molar refractivity (Wildman–Crippen MR) is 112 cm³/mol. The topological polar surface area (TPSA) is 102 Å². The quantitative estimate of drug-likeness (QED) is 0.563. The molecule has 9 heteroatoms. The zero-order chi connectivity index (χ0) is 20.4. The Bertz CT molecular complexity index is 833. The maximum Gasteiger partial charge on any atom is 0.230 e. The molecule has 27 heavy (non-hydrogen) atoms. The molecule has 1 aliphatic heterocycles. The highest BCUT2D eigenvalue weighted by atomic mass is 79.9. The van der Waals surface area contributed by atoms with Gasteiger partial charge in [-0.3, -0.25) is 9.59 Å². The Balaban J connectivity index is 2.31. The van der Waals surface area contributed by atoms with E-state index in [9.17, 15) is 20.0 Å². The number of nitrogens with one attached hydrogen (secondary N) is 2. The van der Waals surface area contributed by atoms with E-state index in [0.29, 0.717) is 19.5 Å². The van der Waals surface area contributed by atoms with Crippen molar-refractivity contribution in [2.75, 3.05) is 5.75 Å². The van der Waals surface area contributed by atoms with Gasteiger partial charge in [0.05, 0.1) is 31.4 Å². The van der Waals surface area contributed by atoms with Gasteiger partial charge in [0.1, 0.15) is 5.75 Å². The maximum absolute atomic E-state index is 12.2. The van der Waals surface area contributed by atoms with Crippen molar-refractivity contribution in [1.82, 2.24) is 10.6 Å². The standard InChI is InChI=1S/C18H19Br2N3O3S/c1-18(2,3)23-15(25)8-27-17-11(7-21)10(6-14(24)22-17)9-4-12(19)16(26)13(20)5-9/h4-5,10,26H,6,8H2,1-3H3,(H,22,24)(H,23,25)/t10-/m1/s1. The van der Waals surface area contributed by atoms with Crippen LogP contribution in [0.15, 0.2) is 31.7 Å². The number of halogens is 2. The molecule has 0 radical (unpaired) electrons. The zero-order valence-electron chi connectivity index (χ0n) is 15.0. The number of hydrogen-bond acceptors (Lipinski definition) is 5. The number of phenols is 1. The first-order valence-electron chi connectivity index (χ1n) is 8.07. The van der Waals surface area contributed by atoms with Crippen LogP contribution >= 0.6 is 43.6 Å². The average Bonchev–Trinajstić information content (AvgIpc) is 2.55. The fraction of sp³-hybridized carbons (Fsp3) is 0.389. The molecule has 6 nitrogen and oxygen atoms in total. The number of phenolic OH excluding ortho intramolecular Hbond substituents is 1. The summed E-state index contributed by atoms with van der Waals surface area (Å²) in [5.74, 6) is -0.713. The first kappa shape index (κ1) is 21.8. The van der Waals surface area contributed by atoms with Crippen LogP contribution in [-0.2, 0) is 9.59 Å². The summed E-state index contributed by atoms with van der Waals surface area (Å²) in [4.78, 5) is 24.3. The fourth-order valence-electron chi connectivity index (χ4n) is 2.60. The molecule has 1 aromatic carbocycles. The minimum Gasteiger partial charge on any atom is -0.506 e. The van der Waals surface area contributed by atoms with Gasteiger partial charge < -0.3 is 15.7 Å². The second kappa shape index (κ2) is 8.67. The molecular weight excluding hydrogens is 498 g/mol. The smallest absolute Gasteiger partial charge is 0.230 e. The minimum absolute atomic E-state index is 0.0509. The lowest BCUT2D eigenvalue weighted by molar-refractivity contribution is -0.121. The number of amides is 2. The van der Waals surface area contributed by atoms with E-state index in [1.165, 1.54) is 0 Å². The van der Waals surface area contributed by atoms with Crippen LogP contribution in [0.5, 0.6) is 5.75 Å². The molecular formula is C18H19Br2N3O3S. The van der Waals surface area contributed by atoms with Crippen molar-refractivity contribution in [1.29, 1.82) is 5.26 Å². The molecule has 0 spiro atoms. The summed E-state index contributed by atoms with van der Waals surface area (Å²) in [5.41, 5.74) is 0.760. The van der Waals surface area contributed by atoms with E-state index in [4.69, 9.17) is 0 Å². The van der Waals surface area contributed by atoms with Crippen LogP contribution in [0.2, 0.25) is 0 Å². The summed E-state index contributed by atoms with van der Waals surface area (Å²) in [5, 5.41) is 25.5. The molecule has 0 aliphatic carbocycles. The molecule has 1 heterocycles. The molecule has 0 saturated carbocycles. The van der Waals surface area contributed by atoms with E-state index >= 15 is 0 Å². The molecule has 0 fully saturated rings. The predicted octanol–water partition coefficient (Wildman–Crippen LogP) is 3.90. The number of thioether (sulfide) groups is 1. The molecule has 1 aromatic rings. The van der Waals surface area contributed by atoms with Gasteiger partial charge in [-0.05, 0) is 70.3 Å². The Kier molecular flexibility index (Phi) is 7.00. The largest absolute Gasteiger partial charge is 0.506 e. The third-order valence-corrected chi connectivity index (χ3v) is 5.89. The molecule has 3 N–H and O–H groups in total. The molecule has 0 bridgehead atoms. The van der Waals surface area contributed by atoms with E-state index in [1.807, 2.05) is 20.8 Å². The number of carbonyl (C=O) groups excluding carboxylic acids is 2. The Labute approximate surface area is 179 Å². The molecule has 2 rings (SSSR count). The van der Waals surface area contributed by atoms with Gasteiger partial charge in [-0.2, -0.15) is 5.26 Å².